The van der Waals surface area contributed by atoms with Crippen molar-refractivity contribution in [3.05, 3.63) is 121 Å². The molecule has 2 N–H and O–H groups in total. The van der Waals surface area contributed by atoms with E-state index in [-0.39, 0.29) is 0 Å². The maximum atomic E-state index is 8.42. The molecule has 0 aliphatic heterocycles. The topological polar surface area (TPSA) is 99.8 Å². The van der Waals surface area contributed by atoms with Crippen LogP contribution in [0.25, 0.3) is 39.0 Å². The van der Waals surface area contributed by atoms with E-state index in [0.717, 1.165) is 44.7 Å². The predicted molar refractivity (Wildman–Crippen MR) is 148 cm³/mol. The lowest BCUT2D eigenvalue weighted by Crippen LogP contribution is -2.14. The summed E-state index contributed by atoms with van der Waals surface area (Å²) in [4.78, 5) is 18.3. The van der Waals surface area contributed by atoms with Crippen molar-refractivity contribution in [2.75, 3.05) is 5.43 Å². The largest absolute Gasteiger partial charge is 0.299 e. The number of hydrazone groups is 1. The van der Waals surface area contributed by atoms with Crippen molar-refractivity contribution in [3.63, 3.8) is 0 Å². The third kappa shape index (κ3) is 4.66. The molecule has 0 saturated heterocycles. The van der Waals surface area contributed by atoms with Crippen LogP contribution >= 0.6 is 0 Å². The molecule has 4 aromatic heterocycles. The van der Waals surface area contributed by atoms with Gasteiger partial charge >= 0.3 is 0 Å². The van der Waals surface area contributed by atoms with E-state index in [2.05, 4.69) is 25.5 Å². The van der Waals surface area contributed by atoms with Crippen LogP contribution in [-0.2, 0) is 0 Å². The molecule has 6 rings (SSSR count). The summed E-state index contributed by atoms with van der Waals surface area (Å²) in [5.41, 5.74) is 10.8. The number of aromatic nitrogens is 4. The molecule has 1 aliphatic rings. The summed E-state index contributed by atoms with van der Waals surface area (Å²) in [6, 6.07) is 25.4. The maximum absolute atomic E-state index is 8.42. The predicted octanol–water partition coefficient (Wildman–Crippen LogP) is 6.19. The van der Waals surface area contributed by atoms with Crippen molar-refractivity contribution in [3.8, 4) is 22.4 Å². The fraction of sp³-hybridized carbons (Fsp3) is 0. The van der Waals surface area contributed by atoms with E-state index in [4.69, 9.17) is 10.4 Å². The van der Waals surface area contributed by atoms with E-state index in [1.54, 1.807) is 24.5 Å². The van der Waals surface area contributed by atoms with Crippen LogP contribution in [0.2, 0.25) is 0 Å². The lowest BCUT2D eigenvalue weighted by Gasteiger charge is -2.13. The second-order valence-electron chi connectivity index (χ2n) is 8.39. The average molecular weight is 480 g/mol. The number of allylic oxidation sites excluding steroid dienone is 4. The van der Waals surface area contributed by atoms with Crippen molar-refractivity contribution in [1.29, 1.82) is 5.41 Å². The van der Waals surface area contributed by atoms with E-state index in [1.165, 1.54) is 0 Å². The van der Waals surface area contributed by atoms with Crippen LogP contribution in [-0.4, -0.2) is 31.4 Å². The van der Waals surface area contributed by atoms with Crippen LogP contribution in [0.5, 0.6) is 0 Å². The van der Waals surface area contributed by atoms with E-state index >= 15 is 0 Å². The van der Waals surface area contributed by atoms with Gasteiger partial charge in [-0.2, -0.15) is 5.10 Å². The summed E-state index contributed by atoms with van der Waals surface area (Å²) >= 11 is 0. The van der Waals surface area contributed by atoms with Crippen molar-refractivity contribution < 1.29 is 0 Å². The van der Waals surface area contributed by atoms with Gasteiger partial charge in [0.2, 0.25) is 0 Å². The molecule has 0 unspecified atom stereocenters. The highest BCUT2D eigenvalue weighted by molar-refractivity contribution is 6.51. The lowest BCUT2D eigenvalue weighted by atomic mass is 10.00. The molecule has 0 atom stereocenters. The Morgan fingerprint density at radius 1 is 0.730 bits per heavy atom. The molecule has 37 heavy (non-hydrogen) atoms. The highest BCUT2D eigenvalue weighted by Crippen LogP contribution is 2.32. The van der Waals surface area contributed by atoms with E-state index in [1.807, 2.05) is 91.1 Å². The van der Waals surface area contributed by atoms with Gasteiger partial charge in [-0.1, -0.05) is 42.5 Å². The summed E-state index contributed by atoms with van der Waals surface area (Å²) < 4.78 is 0. The Labute approximate surface area is 213 Å². The van der Waals surface area contributed by atoms with Gasteiger partial charge in [0.1, 0.15) is 11.5 Å². The van der Waals surface area contributed by atoms with E-state index < -0.39 is 0 Å². The quantitative estimate of drug-likeness (QED) is 0.231. The van der Waals surface area contributed by atoms with Gasteiger partial charge in [0.05, 0.1) is 28.1 Å². The second-order valence-corrected chi connectivity index (χ2v) is 8.39. The standard InChI is InChI=1S/C30H21N7/c31-24-17-21(25-9-4-5-15-32-25)11-13-26(24)36-37-29-14-12-23(30(35-29)20-7-2-1-3-8-20)22-18-28-27(34-19-22)10-6-16-33-28/h1-19,31H,(H,35,37)/b31-24?,36-26-. The average Bonchev–Trinajstić information content (AvgIpc) is 2.97. The molecule has 0 saturated carbocycles. The first-order valence-electron chi connectivity index (χ1n) is 11.8. The Kier molecular flexibility index (Phi) is 5.85. The highest BCUT2D eigenvalue weighted by atomic mass is 15.3. The molecule has 0 bridgehead atoms. The molecule has 1 aliphatic carbocycles. The van der Waals surface area contributed by atoms with Gasteiger partial charge in [-0.25, -0.2) is 4.98 Å². The zero-order valence-electron chi connectivity index (χ0n) is 19.7. The van der Waals surface area contributed by atoms with E-state index in [0.29, 0.717) is 17.2 Å². The molecule has 0 amide bonds. The summed E-state index contributed by atoms with van der Waals surface area (Å²) in [5, 5.41) is 12.9. The molecule has 7 nitrogen and oxygen atoms in total. The lowest BCUT2D eigenvalue weighted by molar-refractivity contribution is 1.23. The number of benzene rings is 1. The summed E-state index contributed by atoms with van der Waals surface area (Å²) in [6.45, 7) is 0. The van der Waals surface area contributed by atoms with Gasteiger partial charge < -0.3 is 0 Å². The van der Waals surface area contributed by atoms with Crippen LogP contribution in [0.4, 0.5) is 5.82 Å². The Hall–Kier alpha value is -5.30. The number of anilines is 1. The molecule has 1 aromatic carbocycles. The number of hydrogen-bond donors (Lipinski definition) is 2. The number of hydrogen-bond acceptors (Lipinski definition) is 7. The van der Waals surface area contributed by atoms with Gasteiger partial charge in [-0.3, -0.25) is 25.8 Å². The highest BCUT2D eigenvalue weighted by Gasteiger charge is 2.14. The molecular weight excluding hydrogens is 458 g/mol. The first-order chi connectivity index (χ1) is 18.2. The molecule has 7 heteroatoms. The molecular formula is C30H21N7. The zero-order chi connectivity index (χ0) is 25.0. The van der Waals surface area contributed by atoms with Crippen LogP contribution in [0, 0.1) is 5.41 Å². The Morgan fingerprint density at radius 3 is 2.43 bits per heavy atom. The van der Waals surface area contributed by atoms with Crippen LogP contribution < -0.4 is 5.43 Å². The summed E-state index contributed by atoms with van der Waals surface area (Å²) in [5.74, 6) is 0.572. The number of pyridine rings is 4. The third-order valence-electron chi connectivity index (χ3n) is 5.95. The van der Waals surface area contributed by atoms with Crippen LogP contribution in [0.1, 0.15) is 5.69 Å². The smallest absolute Gasteiger partial charge is 0.146 e. The Morgan fingerprint density at radius 2 is 1.59 bits per heavy atom. The minimum Gasteiger partial charge on any atom is -0.299 e. The second kappa shape index (κ2) is 9.75. The molecule has 176 valence electrons. The third-order valence-corrected chi connectivity index (χ3v) is 5.95. The van der Waals surface area contributed by atoms with Crippen LogP contribution in [0.3, 0.4) is 0 Å². The van der Waals surface area contributed by atoms with E-state index in [9.17, 15) is 0 Å². The van der Waals surface area contributed by atoms with Crippen molar-refractivity contribution in [1.82, 2.24) is 19.9 Å². The van der Waals surface area contributed by atoms with Gasteiger partial charge in [0.25, 0.3) is 0 Å². The summed E-state index contributed by atoms with van der Waals surface area (Å²) in [6.07, 6.45) is 10.8. The first-order valence-corrected chi connectivity index (χ1v) is 11.8. The molecule has 4 heterocycles. The zero-order valence-corrected chi connectivity index (χ0v) is 19.7. The molecule has 0 radical (unpaired) electrons. The first kappa shape index (κ1) is 22.2. The summed E-state index contributed by atoms with van der Waals surface area (Å²) in [7, 11) is 0. The Bertz CT molecular complexity index is 1700. The number of rotatable bonds is 5. The Balaban J connectivity index is 1.32. The minimum absolute atomic E-state index is 0.297. The molecule has 5 aromatic rings. The SMILES string of the molecule is N=C1C=C(c2ccccn2)C=C/C1=N/Nc1ccc(-c2cnc3cccnc3c2)c(-c2ccccc2)n1. The minimum atomic E-state index is 0.297. The molecule has 0 fully saturated rings. The molecule has 0 spiro atoms. The fourth-order valence-electron chi connectivity index (χ4n) is 4.11. The van der Waals surface area contributed by atoms with Gasteiger partial charge in [-0.15, -0.1) is 0 Å². The van der Waals surface area contributed by atoms with Crippen LogP contribution in [0.15, 0.2) is 121 Å². The van der Waals surface area contributed by atoms with Gasteiger partial charge in [0.15, 0.2) is 0 Å². The number of fused-ring (bicyclic) bond motifs is 1. The maximum Gasteiger partial charge on any atom is 0.146 e. The normalized spacial score (nSPS) is 14.1. The number of nitrogens with zero attached hydrogens (tertiary/aromatic N) is 5. The monoisotopic (exact) mass is 479 g/mol. The van der Waals surface area contributed by atoms with Crippen molar-refractivity contribution in [2.24, 2.45) is 5.10 Å². The van der Waals surface area contributed by atoms with Gasteiger partial charge in [-0.05, 0) is 54.6 Å². The van der Waals surface area contributed by atoms with Gasteiger partial charge in [0, 0.05) is 40.9 Å². The van der Waals surface area contributed by atoms with Crippen molar-refractivity contribution >= 4 is 33.8 Å². The fourth-order valence-corrected chi connectivity index (χ4v) is 4.11. The number of nitrogens with one attached hydrogen (secondary N) is 2. The van der Waals surface area contributed by atoms with Crippen molar-refractivity contribution in [2.45, 2.75) is 0 Å².